The molecule has 1 aromatic heterocycles. The zero-order valence-electron chi connectivity index (χ0n) is 10.0. The van der Waals surface area contributed by atoms with Crippen molar-refractivity contribution in [3.8, 4) is 0 Å². The molecule has 1 saturated heterocycles. The Morgan fingerprint density at radius 2 is 2.44 bits per heavy atom. The Bertz CT molecular complexity index is 338. The van der Waals surface area contributed by atoms with Crippen molar-refractivity contribution >= 4 is 11.3 Å². The molecule has 90 valence electrons. The largest absolute Gasteiger partial charge is 0.392 e. The lowest BCUT2D eigenvalue weighted by atomic mass is 10.1. The Hall–Kier alpha value is -0.450. The topological polar surface area (TPSA) is 36.4 Å². The van der Waals surface area contributed by atoms with Crippen molar-refractivity contribution < 1.29 is 5.11 Å². The summed E-state index contributed by atoms with van der Waals surface area (Å²) in [5.74, 6) is 0.568. The van der Waals surface area contributed by atoms with E-state index in [1.165, 1.54) is 9.88 Å². The SMILES string of the molecule is CC(C)c1cnc(CN2CCCC(O)C2)s1. The molecule has 0 saturated carbocycles. The van der Waals surface area contributed by atoms with Crippen LogP contribution in [0.3, 0.4) is 0 Å². The van der Waals surface area contributed by atoms with Gasteiger partial charge in [0.15, 0.2) is 0 Å². The number of β-amino-alcohol motifs (C(OH)–C–C–N with tert-alkyl or cyclic N) is 1. The van der Waals surface area contributed by atoms with Gasteiger partial charge in [0.1, 0.15) is 5.01 Å². The Labute approximate surface area is 101 Å². The van der Waals surface area contributed by atoms with Crippen molar-refractivity contribution in [1.82, 2.24) is 9.88 Å². The molecular weight excluding hydrogens is 220 g/mol. The third-order valence-electron chi connectivity index (χ3n) is 2.98. The minimum Gasteiger partial charge on any atom is -0.392 e. The fraction of sp³-hybridized carbons (Fsp3) is 0.750. The average Bonchev–Trinajstić information content (AvgIpc) is 2.66. The summed E-state index contributed by atoms with van der Waals surface area (Å²) in [6.07, 6.45) is 3.90. The van der Waals surface area contributed by atoms with E-state index in [9.17, 15) is 5.11 Å². The number of aromatic nitrogens is 1. The highest BCUT2D eigenvalue weighted by Crippen LogP contribution is 2.23. The molecule has 2 rings (SSSR count). The lowest BCUT2D eigenvalue weighted by Gasteiger charge is -2.29. The first kappa shape index (κ1) is 12.0. The van der Waals surface area contributed by atoms with Crippen molar-refractivity contribution in [2.75, 3.05) is 13.1 Å². The molecule has 0 aromatic carbocycles. The van der Waals surface area contributed by atoms with E-state index in [1.54, 1.807) is 11.3 Å². The number of piperidine rings is 1. The van der Waals surface area contributed by atoms with Crippen molar-refractivity contribution in [1.29, 1.82) is 0 Å². The standard InChI is InChI=1S/C12H20N2OS/c1-9(2)11-6-13-12(16-11)8-14-5-3-4-10(15)7-14/h6,9-10,15H,3-5,7-8H2,1-2H3. The van der Waals surface area contributed by atoms with Crippen LogP contribution in [0.15, 0.2) is 6.20 Å². The van der Waals surface area contributed by atoms with Crippen LogP contribution in [0, 0.1) is 0 Å². The highest BCUT2D eigenvalue weighted by molar-refractivity contribution is 7.11. The van der Waals surface area contributed by atoms with Crippen LogP contribution in [0.25, 0.3) is 0 Å². The summed E-state index contributed by atoms with van der Waals surface area (Å²) >= 11 is 1.80. The molecule has 1 aromatic rings. The minimum absolute atomic E-state index is 0.140. The monoisotopic (exact) mass is 240 g/mol. The van der Waals surface area contributed by atoms with Gasteiger partial charge in [0.2, 0.25) is 0 Å². The van der Waals surface area contributed by atoms with Crippen LogP contribution in [0.2, 0.25) is 0 Å². The first-order valence-electron chi connectivity index (χ1n) is 6.00. The van der Waals surface area contributed by atoms with Gasteiger partial charge in [-0.1, -0.05) is 13.8 Å². The second kappa shape index (κ2) is 5.25. The molecule has 0 bridgehead atoms. The van der Waals surface area contributed by atoms with Gasteiger partial charge in [-0.25, -0.2) is 4.98 Å². The normalized spacial score (nSPS) is 22.9. The average molecular weight is 240 g/mol. The van der Waals surface area contributed by atoms with E-state index in [1.807, 2.05) is 6.20 Å². The second-order valence-corrected chi connectivity index (χ2v) is 5.99. The molecule has 4 heteroatoms. The number of hydrogen-bond donors (Lipinski definition) is 1. The van der Waals surface area contributed by atoms with Gasteiger partial charge in [-0.15, -0.1) is 11.3 Å². The molecule has 3 nitrogen and oxygen atoms in total. The van der Waals surface area contributed by atoms with E-state index >= 15 is 0 Å². The summed E-state index contributed by atoms with van der Waals surface area (Å²) in [6.45, 7) is 7.18. The summed E-state index contributed by atoms with van der Waals surface area (Å²) in [5, 5.41) is 10.8. The Balaban J connectivity index is 1.92. The quantitative estimate of drug-likeness (QED) is 0.880. The zero-order valence-corrected chi connectivity index (χ0v) is 10.8. The summed E-state index contributed by atoms with van der Waals surface area (Å²) in [6, 6.07) is 0. The molecule has 0 radical (unpaired) electrons. The zero-order chi connectivity index (χ0) is 11.5. The molecule has 0 amide bonds. The summed E-state index contributed by atoms with van der Waals surface area (Å²) in [4.78, 5) is 8.11. The van der Waals surface area contributed by atoms with Crippen LogP contribution in [-0.4, -0.2) is 34.2 Å². The molecule has 1 N–H and O–H groups in total. The van der Waals surface area contributed by atoms with Crippen LogP contribution < -0.4 is 0 Å². The van der Waals surface area contributed by atoms with Gasteiger partial charge >= 0.3 is 0 Å². The molecular formula is C12H20N2OS. The maximum atomic E-state index is 9.59. The molecule has 1 atom stereocenters. The highest BCUT2D eigenvalue weighted by Gasteiger charge is 2.18. The van der Waals surface area contributed by atoms with E-state index in [-0.39, 0.29) is 6.10 Å². The first-order valence-corrected chi connectivity index (χ1v) is 6.82. The number of hydrogen-bond acceptors (Lipinski definition) is 4. The highest BCUT2D eigenvalue weighted by atomic mass is 32.1. The van der Waals surface area contributed by atoms with E-state index in [0.29, 0.717) is 5.92 Å². The van der Waals surface area contributed by atoms with E-state index in [2.05, 4.69) is 23.7 Å². The second-order valence-electron chi connectivity index (χ2n) is 4.84. The molecule has 1 aliphatic heterocycles. The molecule has 2 heterocycles. The number of thiazole rings is 1. The van der Waals surface area contributed by atoms with Gasteiger partial charge in [-0.2, -0.15) is 0 Å². The fourth-order valence-electron chi connectivity index (χ4n) is 2.03. The van der Waals surface area contributed by atoms with Gasteiger partial charge in [0.25, 0.3) is 0 Å². The van der Waals surface area contributed by atoms with Crippen LogP contribution >= 0.6 is 11.3 Å². The number of aliphatic hydroxyl groups excluding tert-OH is 1. The molecule has 0 aliphatic carbocycles. The predicted molar refractivity (Wildman–Crippen MR) is 66.7 cm³/mol. The van der Waals surface area contributed by atoms with Gasteiger partial charge in [-0.05, 0) is 25.3 Å². The Morgan fingerprint density at radius 1 is 1.62 bits per heavy atom. The van der Waals surface area contributed by atoms with Crippen molar-refractivity contribution in [3.05, 3.63) is 16.1 Å². The Kier molecular flexibility index (Phi) is 3.95. The predicted octanol–water partition coefficient (Wildman–Crippen LogP) is 2.22. The Morgan fingerprint density at radius 3 is 3.06 bits per heavy atom. The van der Waals surface area contributed by atoms with Crippen LogP contribution in [0.4, 0.5) is 0 Å². The van der Waals surface area contributed by atoms with Crippen molar-refractivity contribution in [3.63, 3.8) is 0 Å². The maximum absolute atomic E-state index is 9.59. The number of nitrogens with zero attached hydrogens (tertiary/aromatic N) is 2. The number of rotatable bonds is 3. The number of aliphatic hydroxyl groups is 1. The van der Waals surface area contributed by atoms with E-state index in [4.69, 9.17) is 0 Å². The van der Waals surface area contributed by atoms with Gasteiger partial charge in [0, 0.05) is 17.6 Å². The maximum Gasteiger partial charge on any atom is 0.107 e. The van der Waals surface area contributed by atoms with Crippen LogP contribution in [0.5, 0.6) is 0 Å². The summed E-state index contributed by atoms with van der Waals surface area (Å²) < 4.78 is 0. The third kappa shape index (κ3) is 3.03. The molecule has 1 unspecified atom stereocenters. The van der Waals surface area contributed by atoms with Gasteiger partial charge in [0.05, 0.1) is 12.6 Å². The van der Waals surface area contributed by atoms with Gasteiger partial charge in [-0.3, -0.25) is 4.90 Å². The van der Waals surface area contributed by atoms with Crippen molar-refractivity contribution in [2.45, 2.75) is 45.3 Å². The van der Waals surface area contributed by atoms with Gasteiger partial charge < -0.3 is 5.11 Å². The third-order valence-corrected chi connectivity index (χ3v) is 4.26. The smallest absolute Gasteiger partial charge is 0.107 e. The molecule has 1 fully saturated rings. The fourth-order valence-corrected chi connectivity index (χ4v) is 3.00. The summed E-state index contributed by atoms with van der Waals surface area (Å²) in [7, 11) is 0. The van der Waals surface area contributed by atoms with Crippen LogP contribution in [-0.2, 0) is 6.54 Å². The summed E-state index contributed by atoms with van der Waals surface area (Å²) in [5.41, 5.74) is 0. The van der Waals surface area contributed by atoms with E-state index < -0.39 is 0 Å². The van der Waals surface area contributed by atoms with Crippen LogP contribution in [0.1, 0.15) is 42.5 Å². The molecule has 16 heavy (non-hydrogen) atoms. The molecule has 0 spiro atoms. The first-order chi connectivity index (χ1) is 7.65. The molecule has 1 aliphatic rings. The van der Waals surface area contributed by atoms with Crippen molar-refractivity contribution in [2.24, 2.45) is 0 Å². The lowest BCUT2D eigenvalue weighted by molar-refractivity contribution is 0.0668. The lowest BCUT2D eigenvalue weighted by Crippen LogP contribution is -2.37. The van der Waals surface area contributed by atoms with E-state index in [0.717, 1.165) is 32.5 Å². The number of likely N-dealkylation sites (tertiary alicyclic amines) is 1. The minimum atomic E-state index is -0.140.